The number of amides is 2. The predicted molar refractivity (Wildman–Crippen MR) is 83.1 cm³/mol. The molecular weight excluding hydrogens is 266 g/mol. The molecule has 5 nitrogen and oxygen atoms in total. The second kappa shape index (κ2) is 7.78. The van der Waals surface area contributed by atoms with Crippen LogP contribution in [0.1, 0.15) is 25.3 Å². The first-order valence-corrected chi connectivity index (χ1v) is 7.58. The van der Waals surface area contributed by atoms with Crippen LogP contribution in [0, 0.1) is 5.92 Å². The highest BCUT2D eigenvalue weighted by Gasteiger charge is 2.17. The molecule has 1 aliphatic heterocycles. The molecule has 0 aliphatic carbocycles. The van der Waals surface area contributed by atoms with Crippen molar-refractivity contribution in [3.8, 4) is 0 Å². The Morgan fingerprint density at radius 1 is 1.14 bits per heavy atom. The Bertz CT molecular complexity index is 479. The topological polar surface area (TPSA) is 70.2 Å². The lowest BCUT2D eigenvalue weighted by Gasteiger charge is -2.22. The number of carbonyl (C=O) groups excluding carboxylic acids is 2. The number of piperidine rings is 1. The zero-order valence-electron chi connectivity index (χ0n) is 12.4. The van der Waals surface area contributed by atoms with E-state index in [2.05, 4.69) is 22.9 Å². The quantitative estimate of drug-likeness (QED) is 0.732. The molecule has 1 aromatic rings. The third-order valence-corrected chi connectivity index (χ3v) is 3.84. The van der Waals surface area contributed by atoms with Gasteiger partial charge in [-0.2, -0.15) is 0 Å². The molecular formula is C16H23N3O2. The van der Waals surface area contributed by atoms with E-state index in [0.29, 0.717) is 18.2 Å². The summed E-state index contributed by atoms with van der Waals surface area (Å²) < 4.78 is 0. The molecule has 0 aromatic heterocycles. The van der Waals surface area contributed by atoms with Crippen molar-refractivity contribution in [2.24, 2.45) is 5.92 Å². The van der Waals surface area contributed by atoms with E-state index >= 15 is 0 Å². The van der Waals surface area contributed by atoms with Crippen molar-refractivity contribution in [2.75, 3.05) is 25.0 Å². The Morgan fingerprint density at radius 3 is 2.43 bits per heavy atom. The fraction of sp³-hybridized carbons (Fsp3) is 0.500. The van der Waals surface area contributed by atoms with Crippen LogP contribution < -0.4 is 16.0 Å². The molecule has 0 bridgehead atoms. The van der Waals surface area contributed by atoms with Crippen LogP contribution >= 0.6 is 0 Å². The van der Waals surface area contributed by atoms with Gasteiger partial charge in [-0.15, -0.1) is 0 Å². The first-order chi connectivity index (χ1) is 10.2. The minimum absolute atomic E-state index is 0.465. The van der Waals surface area contributed by atoms with Crippen LogP contribution in [-0.4, -0.2) is 31.4 Å². The summed E-state index contributed by atoms with van der Waals surface area (Å²) in [6, 6.07) is 7.53. The van der Waals surface area contributed by atoms with E-state index in [0.717, 1.165) is 32.4 Å². The Morgan fingerprint density at radius 2 is 1.81 bits per heavy atom. The number of carbonyl (C=O) groups is 2. The summed E-state index contributed by atoms with van der Waals surface area (Å²) in [5.74, 6) is -0.701. The number of rotatable bonds is 4. The van der Waals surface area contributed by atoms with Crippen molar-refractivity contribution in [1.82, 2.24) is 10.6 Å². The Kier molecular flexibility index (Phi) is 5.75. The second-order valence-electron chi connectivity index (χ2n) is 5.41. The molecule has 1 aromatic carbocycles. The number of anilines is 1. The molecule has 0 saturated carbocycles. The smallest absolute Gasteiger partial charge is 0.313 e. The van der Waals surface area contributed by atoms with Gasteiger partial charge in [0, 0.05) is 12.2 Å². The van der Waals surface area contributed by atoms with E-state index in [9.17, 15) is 9.59 Å². The number of aryl methyl sites for hydroxylation is 1. The van der Waals surface area contributed by atoms with Crippen molar-refractivity contribution in [2.45, 2.75) is 26.2 Å². The van der Waals surface area contributed by atoms with E-state index in [1.54, 1.807) is 0 Å². The molecule has 0 unspecified atom stereocenters. The second-order valence-corrected chi connectivity index (χ2v) is 5.41. The fourth-order valence-corrected chi connectivity index (χ4v) is 2.41. The molecule has 1 aliphatic rings. The highest BCUT2D eigenvalue weighted by atomic mass is 16.2. The lowest BCUT2D eigenvalue weighted by molar-refractivity contribution is -0.136. The standard InChI is InChI=1S/C16H23N3O2/c1-2-12-3-5-14(6-4-12)19-16(21)15(20)18-11-13-7-9-17-10-8-13/h3-6,13,17H,2,7-11H2,1H3,(H,18,20)(H,19,21). The fourth-order valence-electron chi connectivity index (χ4n) is 2.41. The Balaban J connectivity index is 1.77. The summed E-state index contributed by atoms with van der Waals surface area (Å²) in [5, 5.41) is 8.61. The van der Waals surface area contributed by atoms with Crippen LogP contribution in [0.4, 0.5) is 5.69 Å². The van der Waals surface area contributed by atoms with E-state index in [1.807, 2.05) is 24.3 Å². The average molecular weight is 289 g/mol. The number of benzene rings is 1. The third kappa shape index (κ3) is 4.86. The molecule has 1 saturated heterocycles. The van der Waals surface area contributed by atoms with Gasteiger partial charge in [-0.05, 0) is 56.0 Å². The third-order valence-electron chi connectivity index (χ3n) is 3.84. The van der Waals surface area contributed by atoms with Gasteiger partial charge in [-0.3, -0.25) is 9.59 Å². The van der Waals surface area contributed by atoms with Gasteiger partial charge in [0.05, 0.1) is 0 Å². The normalized spacial score (nSPS) is 15.5. The van der Waals surface area contributed by atoms with Crippen LogP contribution in [0.25, 0.3) is 0 Å². The first kappa shape index (κ1) is 15.5. The summed E-state index contributed by atoms with van der Waals surface area (Å²) >= 11 is 0. The number of hydrogen-bond donors (Lipinski definition) is 3. The van der Waals surface area contributed by atoms with Crippen molar-refractivity contribution >= 4 is 17.5 Å². The van der Waals surface area contributed by atoms with Crippen molar-refractivity contribution in [3.05, 3.63) is 29.8 Å². The maximum atomic E-state index is 11.8. The molecule has 0 spiro atoms. The van der Waals surface area contributed by atoms with Gasteiger partial charge in [0.15, 0.2) is 0 Å². The van der Waals surface area contributed by atoms with Gasteiger partial charge in [-0.25, -0.2) is 0 Å². The Hall–Kier alpha value is -1.88. The molecule has 21 heavy (non-hydrogen) atoms. The minimum atomic E-state index is -0.604. The molecule has 2 amide bonds. The van der Waals surface area contributed by atoms with Crippen molar-refractivity contribution in [3.63, 3.8) is 0 Å². The van der Waals surface area contributed by atoms with E-state index in [1.165, 1.54) is 5.56 Å². The molecule has 1 fully saturated rings. The molecule has 114 valence electrons. The van der Waals surface area contributed by atoms with E-state index < -0.39 is 11.8 Å². The highest BCUT2D eigenvalue weighted by molar-refractivity contribution is 6.39. The monoisotopic (exact) mass is 289 g/mol. The molecule has 1 heterocycles. The van der Waals surface area contributed by atoms with Crippen LogP contribution in [-0.2, 0) is 16.0 Å². The predicted octanol–water partition coefficient (Wildman–Crippen LogP) is 1.30. The van der Waals surface area contributed by atoms with Gasteiger partial charge < -0.3 is 16.0 Å². The van der Waals surface area contributed by atoms with Crippen molar-refractivity contribution < 1.29 is 9.59 Å². The summed E-state index contributed by atoms with van der Waals surface area (Å²) in [4.78, 5) is 23.6. The molecule has 0 radical (unpaired) electrons. The lowest BCUT2D eigenvalue weighted by Crippen LogP contribution is -2.40. The van der Waals surface area contributed by atoms with Gasteiger partial charge >= 0.3 is 11.8 Å². The van der Waals surface area contributed by atoms with Crippen molar-refractivity contribution in [1.29, 1.82) is 0 Å². The average Bonchev–Trinajstić information content (AvgIpc) is 2.54. The number of nitrogens with one attached hydrogen (secondary N) is 3. The summed E-state index contributed by atoms with van der Waals surface area (Å²) in [6.07, 6.45) is 3.03. The zero-order chi connectivity index (χ0) is 15.1. The van der Waals surface area contributed by atoms with Crippen LogP contribution in [0.3, 0.4) is 0 Å². The van der Waals surface area contributed by atoms with Gasteiger partial charge in [-0.1, -0.05) is 19.1 Å². The molecule has 3 N–H and O–H groups in total. The minimum Gasteiger partial charge on any atom is -0.348 e. The van der Waals surface area contributed by atoms with E-state index in [4.69, 9.17) is 0 Å². The summed E-state index contributed by atoms with van der Waals surface area (Å²) in [6.45, 7) is 4.61. The van der Waals surface area contributed by atoms with Gasteiger partial charge in [0.2, 0.25) is 0 Å². The van der Waals surface area contributed by atoms with Crippen LogP contribution in [0.15, 0.2) is 24.3 Å². The largest absolute Gasteiger partial charge is 0.348 e. The lowest BCUT2D eigenvalue weighted by atomic mass is 9.98. The first-order valence-electron chi connectivity index (χ1n) is 7.58. The molecule has 0 atom stereocenters. The summed E-state index contributed by atoms with van der Waals surface area (Å²) in [7, 11) is 0. The molecule has 2 rings (SSSR count). The maximum Gasteiger partial charge on any atom is 0.313 e. The SMILES string of the molecule is CCc1ccc(NC(=O)C(=O)NCC2CCNCC2)cc1. The zero-order valence-corrected chi connectivity index (χ0v) is 12.4. The molecule has 5 heteroatoms. The van der Waals surface area contributed by atoms with E-state index in [-0.39, 0.29) is 0 Å². The summed E-state index contributed by atoms with van der Waals surface area (Å²) in [5.41, 5.74) is 1.84. The van der Waals surface area contributed by atoms with Gasteiger partial charge in [0.25, 0.3) is 0 Å². The van der Waals surface area contributed by atoms with Crippen LogP contribution in [0.2, 0.25) is 0 Å². The maximum absolute atomic E-state index is 11.8. The number of hydrogen-bond acceptors (Lipinski definition) is 3. The highest BCUT2D eigenvalue weighted by Crippen LogP contribution is 2.11. The van der Waals surface area contributed by atoms with Gasteiger partial charge in [0.1, 0.15) is 0 Å². The van der Waals surface area contributed by atoms with Crippen LogP contribution in [0.5, 0.6) is 0 Å². The Labute approximate surface area is 125 Å².